The summed E-state index contributed by atoms with van der Waals surface area (Å²) in [4.78, 5) is 25.5. The number of nitrogens with zero attached hydrogens (tertiary/aromatic N) is 1. The van der Waals surface area contributed by atoms with Crippen LogP contribution in [0.25, 0.3) is 0 Å². The third-order valence-electron chi connectivity index (χ3n) is 4.38. The van der Waals surface area contributed by atoms with E-state index in [0.29, 0.717) is 0 Å². The van der Waals surface area contributed by atoms with E-state index in [2.05, 4.69) is 4.18 Å². The molecule has 0 aromatic carbocycles. The van der Waals surface area contributed by atoms with Gasteiger partial charge in [-0.3, -0.25) is 14.5 Å². The van der Waals surface area contributed by atoms with E-state index < -0.39 is 45.9 Å². The standard InChI is InChI=1S/C16H23BCl3NO8S/c1-21-9-14(22)27-17(28-15(23)10-21)13(8-7-12-5-3-2-4-6-12)29-30(24,25)26-11-16(18,19)20/h7-8,12-13H,2-6,9-11H2,1H3/b8-7+. The highest BCUT2D eigenvalue weighted by atomic mass is 35.6. The zero-order chi connectivity index (χ0) is 22.4. The first kappa shape index (κ1) is 25.7. The highest BCUT2D eigenvalue weighted by Gasteiger charge is 2.43. The first-order valence-electron chi connectivity index (χ1n) is 9.34. The molecule has 1 saturated carbocycles. The Balaban J connectivity index is 2.19. The number of hydrogen-bond acceptors (Lipinski definition) is 9. The van der Waals surface area contributed by atoms with Crippen molar-refractivity contribution in [2.24, 2.45) is 5.92 Å². The number of allylic oxidation sites excluding steroid dienone is 1. The molecule has 0 aromatic heterocycles. The van der Waals surface area contributed by atoms with Crippen molar-refractivity contribution in [3.05, 3.63) is 12.2 Å². The van der Waals surface area contributed by atoms with E-state index in [4.69, 9.17) is 48.3 Å². The number of halogens is 3. The molecule has 1 saturated heterocycles. The average Bonchev–Trinajstić information content (AvgIpc) is 2.62. The molecule has 0 radical (unpaired) electrons. The zero-order valence-corrected chi connectivity index (χ0v) is 19.4. The second-order valence-electron chi connectivity index (χ2n) is 7.15. The van der Waals surface area contributed by atoms with Gasteiger partial charge in [0, 0.05) is 0 Å². The second-order valence-corrected chi connectivity index (χ2v) is 10.9. The van der Waals surface area contributed by atoms with Crippen LogP contribution in [0, 0.1) is 5.92 Å². The summed E-state index contributed by atoms with van der Waals surface area (Å²) in [5, 5.41) is 0. The van der Waals surface area contributed by atoms with Crippen molar-refractivity contribution >= 4 is 64.3 Å². The Labute approximate surface area is 191 Å². The Kier molecular flexibility index (Phi) is 9.73. The molecule has 0 bridgehead atoms. The summed E-state index contributed by atoms with van der Waals surface area (Å²) in [6.07, 6.45) is 8.23. The summed E-state index contributed by atoms with van der Waals surface area (Å²) in [5.74, 6) is -1.23. The molecule has 1 aliphatic carbocycles. The molecule has 1 atom stereocenters. The van der Waals surface area contributed by atoms with Gasteiger partial charge in [0.25, 0.3) is 0 Å². The molecule has 1 heterocycles. The minimum Gasteiger partial charge on any atom is -0.496 e. The molecule has 0 aromatic rings. The number of hydrogen-bond donors (Lipinski definition) is 0. The summed E-state index contributed by atoms with van der Waals surface area (Å²) in [6, 6.07) is -1.47. The number of alkyl halides is 3. The maximum absolute atomic E-state index is 12.2. The number of rotatable bonds is 7. The Morgan fingerprint density at radius 2 is 1.73 bits per heavy atom. The second kappa shape index (κ2) is 11.4. The van der Waals surface area contributed by atoms with Gasteiger partial charge < -0.3 is 9.31 Å². The Hall–Kier alpha value is -0.555. The van der Waals surface area contributed by atoms with Crippen LogP contribution in [-0.2, 0) is 37.7 Å². The predicted molar refractivity (Wildman–Crippen MR) is 111 cm³/mol. The van der Waals surface area contributed by atoms with Gasteiger partial charge in [0.1, 0.15) is 6.61 Å². The molecule has 0 amide bonds. The molecular formula is C16H23BCl3NO8S. The summed E-state index contributed by atoms with van der Waals surface area (Å²) in [7, 11) is -4.76. The third kappa shape index (κ3) is 9.72. The largest absolute Gasteiger partial charge is 0.635 e. The normalized spacial score (nSPS) is 21.8. The van der Waals surface area contributed by atoms with E-state index in [0.717, 1.165) is 32.1 Å². The molecule has 9 nitrogen and oxygen atoms in total. The maximum Gasteiger partial charge on any atom is 0.635 e. The van der Waals surface area contributed by atoms with Crippen molar-refractivity contribution in [2.45, 2.75) is 41.9 Å². The first-order chi connectivity index (χ1) is 13.9. The van der Waals surface area contributed by atoms with Gasteiger partial charge in [-0.15, -0.1) is 0 Å². The van der Waals surface area contributed by atoms with Gasteiger partial charge in [-0.1, -0.05) is 66.2 Å². The van der Waals surface area contributed by atoms with Crippen LogP contribution in [0.5, 0.6) is 0 Å². The van der Waals surface area contributed by atoms with E-state index in [1.54, 1.807) is 6.08 Å². The Morgan fingerprint density at radius 3 is 2.27 bits per heavy atom. The number of carbonyl (C=O) groups is 2. The SMILES string of the molecule is CN1CC(=O)OB(C(/C=C/C2CCCCC2)OS(=O)(=O)OCC(Cl)(Cl)Cl)OC(=O)C1. The fourth-order valence-corrected chi connectivity index (χ4v) is 4.21. The lowest BCUT2D eigenvalue weighted by molar-refractivity contribution is -0.146. The molecule has 1 aliphatic heterocycles. The Morgan fingerprint density at radius 1 is 1.17 bits per heavy atom. The number of carbonyl (C=O) groups excluding carboxylic acids is 2. The van der Waals surface area contributed by atoms with Crippen molar-refractivity contribution in [2.75, 3.05) is 26.7 Å². The van der Waals surface area contributed by atoms with E-state index in [1.807, 2.05) is 0 Å². The average molecular weight is 507 g/mol. The lowest BCUT2D eigenvalue weighted by Gasteiger charge is -2.26. The molecule has 2 fully saturated rings. The van der Waals surface area contributed by atoms with E-state index in [1.165, 1.54) is 18.0 Å². The van der Waals surface area contributed by atoms with Gasteiger partial charge in [-0.2, -0.15) is 8.42 Å². The molecule has 0 N–H and O–H groups in total. The van der Waals surface area contributed by atoms with Crippen LogP contribution in [0.3, 0.4) is 0 Å². The van der Waals surface area contributed by atoms with E-state index >= 15 is 0 Å². The highest BCUT2D eigenvalue weighted by Crippen LogP contribution is 2.28. The van der Waals surface area contributed by atoms with Gasteiger partial charge >= 0.3 is 29.5 Å². The van der Waals surface area contributed by atoms with Gasteiger partial charge in [0.15, 0.2) is 6.00 Å². The van der Waals surface area contributed by atoms with Gasteiger partial charge in [0.05, 0.1) is 13.1 Å². The van der Waals surface area contributed by atoms with E-state index in [9.17, 15) is 18.0 Å². The highest BCUT2D eigenvalue weighted by molar-refractivity contribution is 7.82. The molecule has 1 unspecified atom stereocenters. The molecule has 2 aliphatic rings. The summed E-state index contributed by atoms with van der Waals surface area (Å²) in [5.41, 5.74) is 0. The lowest BCUT2D eigenvalue weighted by Crippen LogP contribution is -2.48. The fourth-order valence-electron chi connectivity index (χ4n) is 3.05. The van der Waals surface area contributed by atoms with Gasteiger partial charge in [0.2, 0.25) is 3.79 Å². The van der Waals surface area contributed by atoms with Crippen molar-refractivity contribution < 1.29 is 35.7 Å². The van der Waals surface area contributed by atoms with Gasteiger partial charge in [-0.05, 0) is 25.8 Å². The van der Waals surface area contributed by atoms with Crippen LogP contribution in [0.2, 0.25) is 0 Å². The van der Waals surface area contributed by atoms with Crippen molar-refractivity contribution in [1.29, 1.82) is 0 Å². The van der Waals surface area contributed by atoms with Crippen LogP contribution in [0.15, 0.2) is 12.2 Å². The van der Waals surface area contributed by atoms with Crippen LogP contribution < -0.4 is 0 Å². The van der Waals surface area contributed by atoms with Crippen LogP contribution in [0.4, 0.5) is 0 Å². The Bertz CT molecular complexity index is 719. The molecule has 14 heteroatoms. The fraction of sp³-hybridized carbons (Fsp3) is 0.750. The molecule has 30 heavy (non-hydrogen) atoms. The smallest absolute Gasteiger partial charge is 0.496 e. The van der Waals surface area contributed by atoms with E-state index in [-0.39, 0.29) is 19.0 Å². The maximum atomic E-state index is 12.2. The minimum atomic E-state index is -4.68. The lowest BCUT2D eigenvalue weighted by atomic mass is 9.79. The molecule has 0 spiro atoms. The molecule has 2 rings (SSSR count). The van der Waals surface area contributed by atoms with Gasteiger partial charge in [-0.25, -0.2) is 8.37 Å². The van der Waals surface area contributed by atoms with Crippen LogP contribution >= 0.6 is 34.8 Å². The first-order valence-corrected chi connectivity index (χ1v) is 11.8. The third-order valence-corrected chi connectivity index (χ3v) is 5.57. The molecular weight excluding hydrogens is 483 g/mol. The summed E-state index contributed by atoms with van der Waals surface area (Å²) in [6.45, 7) is -1.16. The summed E-state index contributed by atoms with van der Waals surface area (Å²) >= 11 is 16.5. The van der Waals surface area contributed by atoms with Crippen LogP contribution in [-0.4, -0.2) is 68.9 Å². The van der Waals surface area contributed by atoms with Crippen molar-refractivity contribution in [1.82, 2.24) is 4.90 Å². The van der Waals surface area contributed by atoms with Crippen LogP contribution in [0.1, 0.15) is 32.1 Å². The number of likely N-dealkylation sites (N-methyl/N-ethyl adjacent to an activating group) is 1. The quantitative estimate of drug-likeness (QED) is 0.292. The zero-order valence-electron chi connectivity index (χ0n) is 16.3. The molecule has 170 valence electrons. The summed E-state index contributed by atoms with van der Waals surface area (Å²) < 4.78 is 42.2. The topological polar surface area (TPSA) is 108 Å². The van der Waals surface area contributed by atoms with Crippen molar-refractivity contribution in [3.63, 3.8) is 0 Å². The monoisotopic (exact) mass is 505 g/mol. The van der Waals surface area contributed by atoms with Crippen molar-refractivity contribution in [3.8, 4) is 0 Å². The minimum absolute atomic E-state index is 0.179. The predicted octanol–water partition coefficient (Wildman–Crippen LogP) is 2.20.